The Hall–Kier alpha value is -1.63. The van der Waals surface area contributed by atoms with Crippen molar-refractivity contribution in [1.29, 1.82) is 0 Å². The predicted molar refractivity (Wildman–Crippen MR) is 106 cm³/mol. The smallest absolute Gasteiger partial charge is 0.317 e. The van der Waals surface area contributed by atoms with Gasteiger partial charge in [-0.05, 0) is 25.8 Å². The second-order valence-electron chi connectivity index (χ2n) is 7.53. The van der Waals surface area contributed by atoms with Gasteiger partial charge in [0.2, 0.25) is 0 Å². The normalized spacial score (nSPS) is 21.8. The summed E-state index contributed by atoms with van der Waals surface area (Å²) in [5, 5.41) is 3.19. The van der Waals surface area contributed by atoms with Gasteiger partial charge in [-0.15, -0.1) is 0 Å². The fourth-order valence-corrected chi connectivity index (χ4v) is 4.02. The highest BCUT2D eigenvalue weighted by atomic mass is 16.5. The van der Waals surface area contributed by atoms with Crippen LogP contribution in [0.5, 0.6) is 0 Å². The summed E-state index contributed by atoms with van der Waals surface area (Å²) in [6.45, 7) is 11.1. The summed E-state index contributed by atoms with van der Waals surface area (Å²) < 4.78 is 11.1. The highest BCUT2D eigenvalue weighted by Crippen LogP contribution is 2.22. The first-order valence-electron chi connectivity index (χ1n) is 10.1. The molecule has 2 amide bonds. The van der Waals surface area contributed by atoms with E-state index in [4.69, 9.17) is 9.47 Å². The number of urea groups is 1. The zero-order chi connectivity index (χ0) is 19.1. The van der Waals surface area contributed by atoms with E-state index in [0.717, 1.165) is 45.9 Å². The number of amides is 2. The van der Waals surface area contributed by atoms with Gasteiger partial charge in [0.15, 0.2) is 0 Å². The molecule has 0 unspecified atom stereocenters. The standard InChI is InChI=1S/C21H33N3O3/c1-3-23(15-18-6-4-5-17(2)13-18)21(25)22-14-20(19-7-10-27-16-19)24-8-11-26-12-9-24/h4-6,13,19-20H,3,7-12,14-16H2,1-2H3,(H,22,25)/t19-,20+/m1/s1. The van der Waals surface area contributed by atoms with E-state index in [1.165, 1.54) is 11.1 Å². The minimum Gasteiger partial charge on any atom is -0.381 e. The molecule has 2 aliphatic heterocycles. The van der Waals surface area contributed by atoms with E-state index < -0.39 is 0 Å². The molecular weight excluding hydrogens is 342 g/mol. The van der Waals surface area contributed by atoms with E-state index in [-0.39, 0.29) is 6.03 Å². The van der Waals surface area contributed by atoms with Crippen LogP contribution < -0.4 is 5.32 Å². The number of hydrogen-bond donors (Lipinski definition) is 1. The fourth-order valence-electron chi connectivity index (χ4n) is 4.02. The molecule has 1 N–H and O–H groups in total. The van der Waals surface area contributed by atoms with E-state index in [0.29, 0.717) is 31.6 Å². The van der Waals surface area contributed by atoms with E-state index in [9.17, 15) is 4.79 Å². The summed E-state index contributed by atoms with van der Waals surface area (Å²) in [4.78, 5) is 17.1. The number of hydrogen-bond acceptors (Lipinski definition) is 4. The van der Waals surface area contributed by atoms with Gasteiger partial charge < -0.3 is 19.7 Å². The first-order valence-corrected chi connectivity index (χ1v) is 10.1. The van der Waals surface area contributed by atoms with Gasteiger partial charge in [0.25, 0.3) is 0 Å². The van der Waals surface area contributed by atoms with Gasteiger partial charge in [-0.25, -0.2) is 4.79 Å². The van der Waals surface area contributed by atoms with Gasteiger partial charge in [-0.1, -0.05) is 29.8 Å². The number of aryl methyl sites for hydroxylation is 1. The van der Waals surface area contributed by atoms with E-state index in [2.05, 4.69) is 35.3 Å². The second kappa shape index (κ2) is 10.1. The number of nitrogens with one attached hydrogen (secondary N) is 1. The predicted octanol–water partition coefficient (Wildman–Crippen LogP) is 2.26. The van der Waals surface area contributed by atoms with Crippen LogP contribution in [0.1, 0.15) is 24.5 Å². The molecule has 0 bridgehead atoms. The summed E-state index contributed by atoms with van der Waals surface area (Å²) in [7, 11) is 0. The van der Waals surface area contributed by atoms with Crippen molar-refractivity contribution < 1.29 is 14.3 Å². The number of nitrogens with zero attached hydrogens (tertiary/aromatic N) is 2. The lowest BCUT2D eigenvalue weighted by Gasteiger charge is -2.37. The van der Waals surface area contributed by atoms with Crippen molar-refractivity contribution in [3.05, 3.63) is 35.4 Å². The van der Waals surface area contributed by atoms with Crippen LogP contribution in [0.2, 0.25) is 0 Å². The van der Waals surface area contributed by atoms with E-state index in [1.54, 1.807) is 0 Å². The molecule has 2 atom stereocenters. The number of ether oxygens (including phenoxy) is 2. The molecule has 1 aromatic carbocycles. The molecule has 0 aromatic heterocycles. The molecule has 150 valence electrons. The van der Waals surface area contributed by atoms with Crippen LogP contribution in [0.25, 0.3) is 0 Å². The van der Waals surface area contributed by atoms with Crippen molar-refractivity contribution in [3.63, 3.8) is 0 Å². The third kappa shape index (κ3) is 5.67. The molecule has 6 nitrogen and oxygen atoms in total. The Bertz CT molecular complexity index is 598. The van der Waals surface area contributed by atoms with Gasteiger partial charge in [0, 0.05) is 51.3 Å². The monoisotopic (exact) mass is 375 g/mol. The highest BCUT2D eigenvalue weighted by molar-refractivity contribution is 5.74. The maximum absolute atomic E-state index is 12.8. The molecule has 0 saturated carbocycles. The van der Waals surface area contributed by atoms with Crippen LogP contribution in [0.3, 0.4) is 0 Å². The Kier molecular flexibility index (Phi) is 7.50. The van der Waals surface area contributed by atoms with Crippen LogP contribution >= 0.6 is 0 Å². The Labute approximate surface area is 162 Å². The Morgan fingerprint density at radius 3 is 2.78 bits per heavy atom. The maximum atomic E-state index is 12.8. The lowest BCUT2D eigenvalue weighted by atomic mass is 9.97. The Morgan fingerprint density at radius 1 is 1.30 bits per heavy atom. The second-order valence-corrected chi connectivity index (χ2v) is 7.53. The van der Waals surface area contributed by atoms with Crippen molar-refractivity contribution in [2.24, 2.45) is 5.92 Å². The van der Waals surface area contributed by atoms with E-state index in [1.807, 2.05) is 17.9 Å². The lowest BCUT2D eigenvalue weighted by molar-refractivity contribution is 0.00186. The van der Waals surface area contributed by atoms with Crippen molar-refractivity contribution in [2.75, 3.05) is 52.6 Å². The fraction of sp³-hybridized carbons (Fsp3) is 0.667. The van der Waals surface area contributed by atoms with Gasteiger partial charge in [0.05, 0.1) is 19.8 Å². The third-order valence-corrected chi connectivity index (χ3v) is 5.61. The van der Waals surface area contributed by atoms with Gasteiger partial charge >= 0.3 is 6.03 Å². The molecule has 0 spiro atoms. The molecule has 2 saturated heterocycles. The summed E-state index contributed by atoms with van der Waals surface area (Å²) in [5.41, 5.74) is 2.39. The van der Waals surface area contributed by atoms with Crippen molar-refractivity contribution >= 4 is 6.03 Å². The van der Waals surface area contributed by atoms with Crippen LogP contribution in [-0.2, 0) is 16.0 Å². The van der Waals surface area contributed by atoms with Crippen molar-refractivity contribution in [2.45, 2.75) is 32.9 Å². The number of rotatable bonds is 7. The average molecular weight is 376 g/mol. The van der Waals surface area contributed by atoms with Crippen LogP contribution in [0.4, 0.5) is 4.79 Å². The largest absolute Gasteiger partial charge is 0.381 e. The van der Waals surface area contributed by atoms with Crippen LogP contribution in [0, 0.1) is 12.8 Å². The van der Waals surface area contributed by atoms with Gasteiger partial charge in [-0.3, -0.25) is 4.90 Å². The molecular formula is C21H33N3O3. The number of carbonyl (C=O) groups excluding carboxylic acids is 1. The topological polar surface area (TPSA) is 54.0 Å². The van der Waals surface area contributed by atoms with Crippen LogP contribution in [-0.4, -0.2) is 74.5 Å². The van der Waals surface area contributed by atoms with Gasteiger partial charge in [-0.2, -0.15) is 0 Å². The molecule has 6 heteroatoms. The zero-order valence-electron chi connectivity index (χ0n) is 16.7. The van der Waals surface area contributed by atoms with E-state index >= 15 is 0 Å². The molecule has 2 heterocycles. The number of benzene rings is 1. The summed E-state index contributed by atoms with van der Waals surface area (Å²) in [6.07, 6.45) is 1.07. The molecule has 2 aliphatic rings. The minimum absolute atomic E-state index is 0.0104. The minimum atomic E-state index is 0.0104. The summed E-state index contributed by atoms with van der Waals surface area (Å²) >= 11 is 0. The molecule has 2 fully saturated rings. The van der Waals surface area contributed by atoms with Crippen molar-refractivity contribution in [1.82, 2.24) is 15.1 Å². The zero-order valence-corrected chi connectivity index (χ0v) is 16.7. The van der Waals surface area contributed by atoms with Crippen LogP contribution in [0.15, 0.2) is 24.3 Å². The summed E-state index contributed by atoms with van der Waals surface area (Å²) in [5.74, 6) is 0.482. The lowest BCUT2D eigenvalue weighted by Crippen LogP contribution is -2.53. The first-order chi connectivity index (χ1) is 13.2. The third-order valence-electron chi connectivity index (χ3n) is 5.61. The quantitative estimate of drug-likeness (QED) is 0.794. The molecule has 0 radical (unpaired) electrons. The molecule has 0 aliphatic carbocycles. The maximum Gasteiger partial charge on any atom is 0.317 e. The Morgan fingerprint density at radius 2 is 2.11 bits per heavy atom. The molecule has 3 rings (SSSR count). The summed E-state index contributed by atoms with van der Waals surface area (Å²) in [6, 6.07) is 8.67. The first kappa shape index (κ1) is 20.1. The highest BCUT2D eigenvalue weighted by Gasteiger charge is 2.32. The number of morpholine rings is 1. The number of carbonyl (C=O) groups is 1. The molecule has 27 heavy (non-hydrogen) atoms. The SMILES string of the molecule is CCN(Cc1cccc(C)c1)C(=O)NC[C@@H]([C@@H]1CCOC1)N1CCOCC1. The Balaban J connectivity index is 1.58. The average Bonchev–Trinajstić information content (AvgIpc) is 3.21. The van der Waals surface area contributed by atoms with Gasteiger partial charge in [0.1, 0.15) is 0 Å². The molecule has 1 aromatic rings. The van der Waals surface area contributed by atoms with Crippen molar-refractivity contribution in [3.8, 4) is 0 Å².